The molecule has 0 saturated carbocycles. The molecule has 0 aliphatic carbocycles. The maximum absolute atomic E-state index is 13.1. The zero-order valence-electron chi connectivity index (χ0n) is 16.6. The van der Waals surface area contributed by atoms with Gasteiger partial charge in [-0.3, -0.25) is 4.79 Å². The molecule has 5 nitrogen and oxygen atoms in total. The molecule has 0 bridgehead atoms. The fourth-order valence-corrected chi connectivity index (χ4v) is 3.55. The van der Waals surface area contributed by atoms with Crippen LogP contribution in [0.2, 0.25) is 0 Å². The second kappa shape index (κ2) is 11.3. The number of ether oxygens (including phenoxy) is 2. The average Bonchev–Trinajstić information content (AvgIpc) is 3.29. The Labute approximate surface area is 175 Å². The van der Waals surface area contributed by atoms with E-state index in [1.807, 2.05) is 46.7 Å². The zero-order valence-corrected chi connectivity index (χ0v) is 17.4. The van der Waals surface area contributed by atoms with Crippen molar-refractivity contribution in [2.45, 2.75) is 19.4 Å². The standard InChI is InChI=1S/C23H26N2O3S/c1-27-14-13-25(12-6-9-19-7-3-2-4-8-19)23(26)20-10-5-11-22(15-20)28-16-21-17-29-18-24-21/h2-5,7-8,10-11,15,17-18H,6,9,12-14,16H2,1H3. The summed E-state index contributed by atoms with van der Waals surface area (Å²) >= 11 is 1.54. The van der Waals surface area contributed by atoms with Gasteiger partial charge in [0, 0.05) is 31.1 Å². The first kappa shape index (κ1) is 21.0. The number of carbonyl (C=O) groups excluding carboxylic acids is 1. The quantitative estimate of drug-likeness (QED) is 0.469. The van der Waals surface area contributed by atoms with Gasteiger partial charge in [0.15, 0.2) is 0 Å². The molecule has 3 rings (SSSR count). The maximum atomic E-state index is 13.1. The van der Waals surface area contributed by atoms with Crippen molar-refractivity contribution in [3.8, 4) is 5.75 Å². The Hall–Kier alpha value is -2.70. The number of aryl methyl sites for hydroxylation is 1. The topological polar surface area (TPSA) is 51.7 Å². The summed E-state index contributed by atoms with van der Waals surface area (Å²) in [7, 11) is 1.65. The fraction of sp³-hybridized carbons (Fsp3) is 0.304. The molecular weight excluding hydrogens is 384 g/mol. The highest BCUT2D eigenvalue weighted by atomic mass is 32.1. The first-order chi connectivity index (χ1) is 14.3. The van der Waals surface area contributed by atoms with Crippen LogP contribution in [0.1, 0.15) is 28.0 Å². The van der Waals surface area contributed by atoms with Gasteiger partial charge >= 0.3 is 0 Å². The summed E-state index contributed by atoms with van der Waals surface area (Å²) in [5, 5.41) is 1.95. The van der Waals surface area contributed by atoms with Crippen LogP contribution in [0.4, 0.5) is 0 Å². The monoisotopic (exact) mass is 410 g/mol. The second-order valence-corrected chi connectivity index (χ2v) is 7.39. The molecule has 0 aliphatic rings. The van der Waals surface area contributed by atoms with E-state index in [4.69, 9.17) is 9.47 Å². The predicted octanol–water partition coefficient (Wildman–Crippen LogP) is 4.44. The van der Waals surface area contributed by atoms with E-state index < -0.39 is 0 Å². The third kappa shape index (κ3) is 6.69. The van der Waals surface area contributed by atoms with E-state index in [0.717, 1.165) is 18.5 Å². The van der Waals surface area contributed by atoms with Gasteiger partial charge in [-0.25, -0.2) is 4.98 Å². The fourth-order valence-electron chi connectivity index (χ4n) is 3.00. The number of amides is 1. The Kier molecular flexibility index (Phi) is 8.22. The lowest BCUT2D eigenvalue weighted by Gasteiger charge is -2.23. The Morgan fingerprint density at radius 1 is 1.10 bits per heavy atom. The number of carbonyl (C=O) groups is 1. The number of nitrogens with zero attached hydrogens (tertiary/aromatic N) is 2. The van der Waals surface area contributed by atoms with E-state index in [-0.39, 0.29) is 5.91 Å². The lowest BCUT2D eigenvalue weighted by Crippen LogP contribution is -2.35. The molecule has 2 aromatic carbocycles. The van der Waals surface area contributed by atoms with Crippen molar-refractivity contribution in [1.29, 1.82) is 0 Å². The molecule has 1 heterocycles. The molecule has 1 aromatic heterocycles. The normalized spacial score (nSPS) is 10.7. The summed E-state index contributed by atoms with van der Waals surface area (Å²) in [6, 6.07) is 17.7. The smallest absolute Gasteiger partial charge is 0.254 e. The van der Waals surface area contributed by atoms with Crippen LogP contribution in [0.5, 0.6) is 5.75 Å². The van der Waals surface area contributed by atoms with E-state index in [9.17, 15) is 4.79 Å². The van der Waals surface area contributed by atoms with Gasteiger partial charge in [-0.15, -0.1) is 11.3 Å². The third-order valence-electron chi connectivity index (χ3n) is 4.54. The first-order valence-electron chi connectivity index (χ1n) is 9.68. The van der Waals surface area contributed by atoms with Crippen molar-refractivity contribution in [1.82, 2.24) is 9.88 Å². The van der Waals surface area contributed by atoms with Gasteiger partial charge in [0.05, 0.1) is 17.8 Å². The summed E-state index contributed by atoms with van der Waals surface area (Å²) in [6.45, 7) is 2.15. The Balaban J connectivity index is 1.60. The summed E-state index contributed by atoms with van der Waals surface area (Å²) in [5.41, 5.74) is 4.57. The van der Waals surface area contributed by atoms with Gasteiger partial charge in [0.2, 0.25) is 0 Å². The number of hydrogen-bond donors (Lipinski definition) is 0. The van der Waals surface area contributed by atoms with Gasteiger partial charge in [-0.2, -0.15) is 0 Å². The Morgan fingerprint density at radius 2 is 1.97 bits per heavy atom. The molecule has 0 N–H and O–H groups in total. The summed E-state index contributed by atoms with van der Waals surface area (Å²) in [4.78, 5) is 19.1. The summed E-state index contributed by atoms with van der Waals surface area (Å²) < 4.78 is 11.0. The van der Waals surface area contributed by atoms with Gasteiger partial charge in [-0.1, -0.05) is 36.4 Å². The van der Waals surface area contributed by atoms with Crippen LogP contribution in [-0.4, -0.2) is 42.6 Å². The number of hydrogen-bond acceptors (Lipinski definition) is 5. The van der Waals surface area contributed by atoms with E-state index in [0.29, 0.717) is 37.6 Å². The van der Waals surface area contributed by atoms with E-state index >= 15 is 0 Å². The van der Waals surface area contributed by atoms with Crippen LogP contribution >= 0.6 is 11.3 Å². The Bertz CT molecular complexity index is 869. The van der Waals surface area contributed by atoms with E-state index in [1.165, 1.54) is 16.9 Å². The first-order valence-corrected chi connectivity index (χ1v) is 10.6. The number of rotatable bonds is 11. The number of methoxy groups -OCH3 is 1. The minimum absolute atomic E-state index is 0.00535. The zero-order chi connectivity index (χ0) is 20.3. The van der Waals surface area contributed by atoms with Crippen molar-refractivity contribution >= 4 is 17.2 Å². The van der Waals surface area contributed by atoms with Gasteiger partial charge < -0.3 is 14.4 Å². The SMILES string of the molecule is COCCN(CCCc1ccccc1)C(=O)c1cccc(OCc2cscn2)c1. The lowest BCUT2D eigenvalue weighted by atomic mass is 10.1. The molecule has 0 fully saturated rings. The predicted molar refractivity (Wildman–Crippen MR) is 115 cm³/mol. The van der Waals surface area contributed by atoms with Gasteiger partial charge in [0.1, 0.15) is 12.4 Å². The minimum atomic E-state index is -0.00535. The molecule has 0 radical (unpaired) electrons. The average molecular weight is 411 g/mol. The largest absolute Gasteiger partial charge is 0.487 e. The van der Waals surface area contributed by atoms with E-state index in [1.54, 1.807) is 18.7 Å². The molecule has 0 spiro atoms. The van der Waals surface area contributed by atoms with Crippen molar-refractivity contribution in [3.05, 3.63) is 82.3 Å². The highest BCUT2D eigenvalue weighted by Gasteiger charge is 2.16. The molecule has 0 atom stereocenters. The van der Waals surface area contributed by atoms with Crippen molar-refractivity contribution in [2.24, 2.45) is 0 Å². The molecule has 0 unspecified atom stereocenters. The highest BCUT2D eigenvalue weighted by Crippen LogP contribution is 2.17. The number of benzene rings is 2. The number of thiazole rings is 1. The molecule has 6 heteroatoms. The molecule has 29 heavy (non-hydrogen) atoms. The van der Waals surface area contributed by atoms with Crippen LogP contribution in [0.15, 0.2) is 65.5 Å². The van der Waals surface area contributed by atoms with Gasteiger partial charge in [0.25, 0.3) is 5.91 Å². The maximum Gasteiger partial charge on any atom is 0.254 e. The Morgan fingerprint density at radius 3 is 2.72 bits per heavy atom. The molecule has 0 saturated heterocycles. The van der Waals surface area contributed by atoms with Gasteiger partial charge in [-0.05, 0) is 36.6 Å². The molecular formula is C23H26N2O3S. The summed E-state index contributed by atoms with van der Waals surface area (Å²) in [5.74, 6) is 0.661. The van der Waals surface area contributed by atoms with Crippen LogP contribution in [0.25, 0.3) is 0 Å². The van der Waals surface area contributed by atoms with Crippen LogP contribution in [0.3, 0.4) is 0 Å². The van der Waals surface area contributed by atoms with Crippen molar-refractivity contribution < 1.29 is 14.3 Å². The highest BCUT2D eigenvalue weighted by molar-refractivity contribution is 7.07. The summed E-state index contributed by atoms with van der Waals surface area (Å²) in [6.07, 6.45) is 1.84. The van der Waals surface area contributed by atoms with Crippen LogP contribution in [-0.2, 0) is 17.8 Å². The molecule has 1 amide bonds. The van der Waals surface area contributed by atoms with Crippen LogP contribution < -0.4 is 4.74 Å². The molecule has 152 valence electrons. The molecule has 3 aromatic rings. The van der Waals surface area contributed by atoms with E-state index in [2.05, 4.69) is 17.1 Å². The lowest BCUT2D eigenvalue weighted by molar-refractivity contribution is 0.0693. The molecule has 0 aliphatic heterocycles. The second-order valence-electron chi connectivity index (χ2n) is 6.67. The van der Waals surface area contributed by atoms with Crippen LogP contribution in [0, 0.1) is 0 Å². The van der Waals surface area contributed by atoms with Crippen molar-refractivity contribution in [3.63, 3.8) is 0 Å². The minimum Gasteiger partial charge on any atom is -0.487 e. The number of aromatic nitrogens is 1. The van der Waals surface area contributed by atoms with Crippen molar-refractivity contribution in [2.75, 3.05) is 26.8 Å². The third-order valence-corrected chi connectivity index (χ3v) is 5.18.